The van der Waals surface area contributed by atoms with Crippen molar-refractivity contribution in [3.8, 4) is 5.75 Å². The molecule has 2 aromatic carbocycles. The summed E-state index contributed by atoms with van der Waals surface area (Å²) in [5.41, 5.74) is 0. The first-order valence-electron chi connectivity index (χ1n) is 8.09. The highest BCUT2D eigenvalue weighted by molar-refractivity contribution is 14.1. The van der Waals surface area contributed by atoms with E-state index >= 15 is 0 Å². The number of thioether (sulfide) groups is 1. The van der Waals surface area contributed by atoms with Gasteiger partial charge in [0.1, 0.15) is 18.5 Å². The fraction of sp³-hybridized carbons (Fsp3) is 0.368. The van der Waals surface area contributed by atoms with Gasteiger partial charge < -0.3 is 9.84 Å². The standard InChI is InChI=1S/C19H23I2NO2S/c1-3-10-25-17-9-8-14-6-4-5-7-15(14)18(17)24-12-16(23)19(21)22-13(2)11-20/h3-9,13,16,19,22-23H,1,10-12H2,2H3. The van der Waals surface area contributed by atoms with Gasteiger partial charge in [0.05, 0.1) is 8.94 Å². The second kappa shape index (κ2) is 11.0. The maximum Gasteiger partial charge on any atom is 0.140 e. The van der Waals surface area contributed by atoms with Crippen molar-refractivity contribution in [2.24, 2.45) is 0 Å². The number of aliphatic hydroxyl groups excluding tert-OH is 1. The zero-order valence-electron chi connectivity index (χ0n) is 14.1. The van der Waals surface area contributed by atoms with Crippen LogP contribution in [0.15, 0.2) is 53.9 Å². The molecule has 2 aromatic rings. The van der Waals surface area contributed by atoms with Crippen molar-refractivity contribution in [3.63, 3.8) is 0 Å². The van der Waals surface area contributed by atoms with Crippen molar-refractivity contribution < 1.29 is 9.84 Å². The summed E-state index contributed by atoms with van der Waals surface area (Å²) in [6.45, 7) is 6.15. The fourth-order valence-electron chi connectivity index (χ4n) is 2.31. The molecule has 0 bridgehead atoms. The molecule has 0 heterocycles. The van der Waals surface area contributed by atoms with Gasteiger partial charge in [-0.25, -0.2) is 0 Å². The number of benzene rings is 2. The largest absolute Gasteiger partial charge is 0.489 e. The molecule has 0 aromatic heterocycles. The molecule has 3 atom stereocenters. The summed E-state index contributed by atoms with van der Waals surface area (Å²) >= 11 is 6.27. The van der Waals surface area contributed by atoms with Gasteiger partial charge in [-0.05, 0) is 18.4 Å². The average molecular weight is 583 g/mol. The number of ether oxygens (including phenoxy) is 1. The lowest BCUT2D eigenvalue weighted by Gasteiger charge is -2.23. The van der Waals surface area contributed by atoms with Crippen LogP contribution in [0.1, 0.15) is 6.92 Å². The Morgan fingerprint density at radius 2 is 2.08 bits per heavy atom. The van der Waals surface area contributed by atoms with E-state index in [1.165, 1.54) is 0 Å². The van der Waals surface area contributed by atoms with Crippen molar-refractivity contribution in [2.75, 3.05) is 16.8 Å². The van der Waals surface area contributed by atoms with Crippen LogP contribution in [-0.4, -0.2) is 38.1 Å². The molecule has 0 aliphatic heterocycles. The lowest BCUT2D eigenvalue weighted by atomic mass is 10.1. The van der Waals surface area contributed by atoms with Crippen LogP contribution in [0.4, 0.5) is 0 Å². The van der Waals surface area contributed by atoms with Gasteiger partial charge >= 0.3 is 0 Å². The van der Waals surface area contributed by atoms with Crippen LogP contribution in [0, 0.1) is 0 Å². The monoisotopic (exact) mass is 583 g/mol. The van der Waals surface area contributed by atoms with Gasteiger partial charge in [0.25, 0.3) is 0 Å². The summed E-state index contributed by atoms with van der Waals surface area (Å²) in [4.78, 5) is 1.07. The van der Waals surface area contributed by atoms with Gasteiger partial charge in [0, 0.05) is 21.6 Å². The van der Waals surface area contributed by atoms with Gasteiger partial charge in [0.2, 0.25) is 0 Å². The third-order valence-electron chi connectivity index (χ3n) is 3.61. The molecule has 0 saturated heterocycles. The van der Waals surface area contributed by atoms with Crippen LogP contribution >= 0.6 is 56.9 Å². The van der Waals surface area contributed by atoms with Gasteiger partial charge in [0.15, 0.2) is 0 Å². The highest BCUT2D eigenvalue weighted by Crippen LogP contribution is 2.36. The van der Waals surface area contributed by atoms with Crippen LogP contribution in [-0.2, 0) is 0 Å². The zero-order chi connectivity index (χ0) is 18.2. The van der Waals surface area contributed by atoms with Gasteiger partial charge in [-0.2, -0.15) is 0 Å². The average Bonchev–Trinajstić information content (AvgIpc) is 2.64. The summed E-state index contributed by atoms with van der Waals surface area (Å²) in [5, 5.41) is 16.0. The maximum atomic E-state index is 10.4. The van der Waals surface area contributed by atoms with Gasteiger partial charge in [-0.3, -0.25) is 5.32 Å². The van der Waals surface area contributed by atoms with E-state index in [2.05, 4.69) is 88.3 Å². The predicted octanol–water partition coefficient (Wildman–Crippen LogP) is 5.03. The zero-order valence-corrected chi connectivity index (χ0v) is 19.3. The van der Waals surface area contributed by atoms with Gasteiger partial charge in [-0.1, -0.05) is 81.6 Å². The van der Waals surface area contributed by atoms with Crippen LogP contribution in [0.25, 0.3) is 10.8 Å². The first-order valence-corrected chi connectivity index (χ1v) is 11.8. The van der Waals surface area contributed by atoms with E-state index in [0.29, 0.717) is 6.04 Å². The van der Waals surface area contributed by atoms with Crippen LogP contribution in [0.2, 0.25) is 0 Å². The van der Waals surface area contributed by atoms with Gasteiger partial charge in [-0.15, -0.1) is 18.3 Å². The number of halogens is 2. The molecule has 0 aliphatic carbocycles. The molecular weight excluding hydrogens is 560 g/mol. The molecule has 0 fully saturated rings. The third kappa shape index (κ3) is 6.27. The number of nitrogens with one attached hydrogen (secondary N) is 1. The molecule has 3 unspecified atom stereocenters. The van der Waals surface area contributed by atoms with E-state index in [1.54, 1.807) is 11.8 Å². The minimum Gasteiger partial charge on any atom is -0.489 e. The summed E-state index contributed by atoms with van der Waals surface area (Å²) in [7, 11) is 0. The second-order valence-corrected chi connectivity index (χ2v) is 9.00. The summed E-state index contributed by atoms with van der Waals surface area (Å²) in [5.74, 6) is 1.66. The first kappa shape index (κ1) is 21.3. The Balaban J connectivity index is 2.16. The molecule has 0 aliphatic rings. The normalized spacial score (nSPS) is 14.9. The Hall–Kier alpha value is -0.0300. The van der Waals surface area contributed by atoms with E-state index in [0.717, 1.165) is 31.6 Å². The van der Waals surface area contributed by atoms with E-state index < -0.39 is 6.10 Å². The van der Waals surface area contributed by atoms with E-state index in [9.17, 15) is 5.11 Å². The smallest absolute Gasteiger partial charge is 0.140 e. The number of fused-ring (bicyclic) bond motifs is 1. The topological polar surface area (TPSA) is 41.5 Å². The van der Waals surface area contributed by atoms with Crippen molar-refractivity contribution in [3.05, 3.63) is 49.1 Å². The minimum absolute atomic E-state index is 0.0541. The maximum absolute atomic E-state index is 10.4. The fourth-order valence-corrected chi connectivity index (χ4v) is 4.15. The molecule has 0 radical (unpaired) electrons. The minimum atomic E-state index is -0.581. The Bertz CT molecular complexity index is 698. The quantitative estimate of drug-likeness (QED) is 0.136. The molecule has 0 amide bonds. The number of hydrogen-bond donors (Lipinski definition) is 2. The summed E-state index contributed by atoms with van der Waals surface area (Å²) < 4.78 is 7.04. The van der Waals surface area contributed by atoms with Crippen LogP contribution in [0.3, 0.4) is 0 Å². The molecule has 6 heteroatoms. The number of aliphatic hydroxyl groups is 1. The Morgan fingerprint density at radius 3 is 2.80 bits per heavy atom. The molecule has 2 rings (SSSR count). The molecule has 136 valence electrons. The SMILES string of the molecule is C=CCSc1ccc2ccccc2c1OCC(O)C(I)NC(C)CI. The van der Waals surface area contributed by atoms with E-state index in [-0.39, 0.29) is 10.7 Å². The molecule has 0 spiro atoms. The Morgan fingerprint density at radius 1 is 1.32 bits per heavy atom. The second-order valence-electron chi connectivity index (χ2n) is 5.72. The van der Waals surface area contributed by atoms with Crippen LogP contribution < -0.4 is 10.1 Å². The molecule has 3 nitrogen and oxygen atoms in total. The summed E-state index contributed by atoms with van der Waals surface area (Å²) in [6, 6.07) is 12.7. The molecular formula is C19H23I2NO2S. The lowest BCUT2D eigenvalue weighted by molar-refractivity contribution is 0.0990. The van der Waals surface area contributed by atoms with Crippen molar-refractivity contribution in [1.29, 1.82) is 0 Å². The number of alkyl halides is 2. The highest BCUT2D eigenvalue weighted by atomic mass is 127. The number of hydrogen-bond acceptors (Lipinski definition) is 4. The van der Waals surface area contributed by atoms with E-state index in [1.807, 2.05) is 18.2 Å². The molecule has 2 N–H and O–H groups in total. The third-order valence-corrected chi connectivity index (χ3v) is 7.16. The first-order chi connectivity index (χ1) is 12.1. The Labute approximate surface area is 181 Å². The molecule has 0 saturated carbocycles. The predicted molar refractivity (Wildman–Crippen MR) is 126 cm³/mol. The lowest BCUT2D eigenvalue weighted by Crippen LogP contribution is -2.43. The van der Waals surface area contributed by atoms with Crippen molar-refractivity contribution in [2.45, 2.75) is 28.0 Å². The molecule has 25 heavy (non-hydrogen) atoms. The summed E-state index contributed by atoms with van der Waals surface area (Å²) in [6.07, 6.45) is 1.30. The Kier molecular flexibility index (Phi) is 9.33. The van der Waals surface area contributed by atoms with Crippen molar-refractivity contribution >= 4 is 67.7 Å². The van der Waals surface area contributed by atoms with Crippen LogP contribution in [0.5, 0.6) is 5.75 Å². The van der Waals surface area contributed by atoms with Crippen molar-refractivity contribution in [1.82, 2.24) is 5.32 Å². The number of rotatable bonds is 10. The van der Waals surface area contributed by atoms with E-state index in [4.69, 9.17) is 4.74 Å². The highest BCUT2D eigenvalue weighted by Gasteiger charge is 2.19.